The maximum Gasteiger partial charge on any atom is -0.0163 e. The Kier molecular flexibility index (Phi) is 6.74. The van der Waals surface area contributed by atoms with E-state index in [2.05, 4.69) is 48.6 Å². The minimum absolute atomic E-state index is 1.03. The van der Waals surface area contributed by atoms with Crippen molar-refractivity contribution in [1.29, 1.82) is 0 Å². The Morgan fingerprint density at radius 3 is 2.21 bits per heavy atom. The van der Waals surface area contributed by atoms with Crippen molar-refractivity contribution >= 4 is 0 Å². The van der Waals surface area contributed by atoms with Gasteiger partial charge in [-0.1, -0.05) is 42.5 Å². The fraction of sp³-hybridized carbons (Fsp3) is 0.429. The fourth-order valence-corrected chi connectivity index (χ4v) is 1.33. The Bertz CT molecular complexity index is 204. The number of allylic oxidation sites excluding steroid dienone is 8. The van der Waals surface area contributed by atoms with Gasteiger partial charge in [-0.25, -0.2) is 0 Å². The normalized spacial score (nSPS) is 28.6. The van der Waals surface area contributed by atoms with Gasteiger partial charge in [0.25, 0.3) is 0 Å². The summed E-state index contributed by atoms with van der Waals surface area (Å²) in [6.07, 6.45) is 25.5. The second-order valence-electron chi connectivity index (χ2n) is 3.41. The molecule has 1 radical (unpaired) electrons. The minimum Gasteiger partial charge on any atom is -0.0882 e. The Morgan fingerprint density at radius 1 is 0.643 bits per heavy atom. The molecule has 0 bridgehead atoms. The van der Waals surface area contributed by atoms with Gasteiger partial charge in [-0.15, -0.1) is 0 Å². The van der Waals surface area contributed by atoms with Crippen molar-refractivity contribution in [3.8, 4) is 0 Å². The van der Waals surface area contributed by atoms with Crippen LogP contribution >= 0.6 is 0 Å². The van der Waals surface area contributed by atoms with Gasteiger partial charge in [0.1, 0.15) is 0 Å². The van der Waals surface area contributed by atoms with E-state index in [0.717, 1.165) is 25.7 Å². The summed E-state index contributed by atoms with van der Waals surface area (Å²) in [5.41, 5.74) is 0. The van der Waals surface area contributed by atoms with Crippen molar-refractivity contribution in [2.45, 2.75) is 38.5 Å². The van der Waals surface area contributed by atoms with Crippen LogP contribution in [0.1, 0.15) is 38.5 Å². The van der Waals surface area contributed by atoms with Crippen LogP contribution in [0.5, 0.6) is 0 Å². The van der Waals surface area contributed by atoms with Crippen molar-refractivity contribution in [3.63, 3.8) is 0 Å². The Labute approximate surface area is 87.7 Å². The van der Waals surface area contributed by atoms with Gasteiger partial charge in [0.05, 0.1) is 0 Å². The summed E-state index contributed by atoms with van der Waals surface area (Å²) in [6, 6.07) is 0. The summed E-state index contributed by atoms with van der Waals surface area (Å²) < 4.78 is 0. The first-order valence-corrected chi connectivity index (χ1v) is 5.50. The van der Waals surface area contributed by atoms with Gasteiger partial charge < -0.3 is 0 Å². The molecule has 1 rings (SSSR count). The Morgan fingerprint density at radius 2 is 1.29 bits per heavy atom. The van der Waals surface area contributed by atoms with E-state index in [4.69, 9.17) is 0 Å². The van der Waals surface area contributed by atoms with Crippen LogP contribution in [-0.2, 0) is 0 Å². The van der Waals surface area contributed by atoms with Crippen LogP contribution in [0.25, 0.3) is 0 Å². The second kappa shape index (κ2) is 8.55. The lowest BCUT2D eigenvalue weighted by Gasteiger charge is -1.90. The largest absolute Gasteiger partial charge is 0.0882 e. The average molecular weight is 187 g/mol. The van der Waals surface area contributed by atoms with Gasteiger partial charge in [0.15, 0.2) is 0 Å². The van der Waals surface area contributed by atoms with Gasteiger partial charge in [0.2, 0.25) is 0 Å². The van der Waals surface area contributed by atoms with E-state index in [9.17, 15) is 0 Å². The molecule has 0 heterocycles. The van der Waals surface area contributed by atoms with Gasteiger partial charge >= 0.3 is 0 Å². The molecule has 0 aromatic carbocycles. The zero-order chi connectivity index (χ0) is 9.90. The van der Waals surface area contributed by atoms with Crippen LogP contribution in [-0.4, -0.2) is 0 Å². The molecule has 0 nitrogen and oxygen atoms in total. The first-order chi connectivity index (χ1) is 7.00. The second-order valence-corrected chi connectivity index (χ2v) is 3.41. The average Bonchev–Trinajstić information content (AvgIpc) is 2.22. The molecule has 0 N–H and O–H groups in total. The van der Waals surface area contributed by atoms with E-state index in [-0.39, 0.29) is 0 Å². The molecule has 0 heteroatoms. The molecule has 0 amide bonds. The highest BCUT2D eigenvalue weighted by molar-refractivity contribution is 4.97. The van der Waals surface area contributed by atoms with Crippen molar-refractivity contribution in [2.75, 3.05) is 0 Å². The smallest absolute Gasteiger partial charge is 0.0163 e. The molecule has 0 atom stereocenters. The maximum atomic E-state index is 3.29. The number of hydrogen-bond donors (Lipinski definition) is 0. The van der Waals surface area contributed by atoms with Crippen molar-refractivity contribution in [1.82, 2.24) is 0 Å². The van der Waals surface area contributed by atoms with Gasteiger partial charge in [-0.05, 0) is 44.6 Å². The van der Waals surface area contributed by atoms with E-state index in [1.54, 1.807) is 0 Å². The Balaban J connectivity index is 2.34. The van der Waals surface area contributed by atoms with Crippen LogP contribution in [0.2, 0.25) is 0 Å². The highest BCUT2D eigenvalue weighted by Crippen LogP contribution is 2.00. The van der Waals surface area contributed by atoms with E-state index in [1.165, 1.54) is 12.8 Å². The van der Waals surface area contributed by atoms with E-state index in [1.807, 2.05) is 0 Å². The third-order valence-electron chi connectivity index (χ3n) is 2.13. The molecule has 75 valence electrons. The molecule has 0 spiro atoms. The summed E-state index contributed by atoms with van der Waals surface area (Å²) in [5, 5.41) is 0. The molecule has 0 saturated heterocycles. The zero-order valence-corrected chi connectivity index (χ0v) is 8.78. The lowest BCUT2D eigenvalue weighted by Crippen LogP contribution is -1.70. The summed E-state index contributed by atoms with van der Waals surface area (Å²) in [6.45, 7) is 0. The van der Waals surface area contributed by atoms with Crippen LogP contribution in [0, 0.1) is 6.08 Å². The van der Waals surface area contributed by atoms with Gasteiger partial charge in [-0.3, -0.25) is 0 Å². The topological polar surface area (TPSA) is 0 Å². The first kappa shape index (κ1) is 11.0. The zero-order valence-electron chi connectivity index (χ0n) is 8.78. The molecule has 0 aromatic rings. The third kappa shape index (κ3) is 6.47. The van der Waals surface area contributed by atoms with E-state index < -0.39 is 0 Å². The first-order valence-electron chi connectivity index (χ1n) is 5.50. The van der Waals surface area contributed by atoms with Crippen molar-refractivity contribution < 1.29 is 0 Å². The predicted molar refractivity (Wildman–Crippen MR) is 62.9 cm³/mol. The monoisotopic (exact) mass is 187 g/mol. The predicted octanol–water partition coefficient (Wildman–Crippen LogP) is 4.37. The highest BCUT2D eigenvalue weighted by Gasteiger charge is 1.80. The molecule has 0 unspecified atom stereocenters. The van der Waals surface area contributed by atoms with Gasteiger partial charge in [0, 0.05) is 0 Å². The quantitative estimate of drug-likeness (QED) is 0.494. The molecule has 1 aliphatic carbocycles. The molecule has 0 saturated carbocycles. The molecule has 0 aromatic heterocycles. The SMILES string of the molecule is [C]1=C/C/C=C/C/C=C\CC/C=C/CC/1. The molecule has 0 fully saturated rings. The molecule has 1 aliphatic rings. The Hall–Kier alpha value is -1.04. The standard InChI is InChI=1S/C14H19/c1-2-4-6-8-10-12-14-13-11-9-7-5-3-1/h1-2,5-7,13-14H,3-4,9-12H2/b2-1+,7-5-,8-6?,14-13+. The maximum absolute atomic E-state index is 3.29. The van der Waals surface area contributed by atoms with Crippen LogP contribution in [0.15, 0.2) is 42.5 Å². The van der Waals surface area contributed by atoms with Crippen LogP contribution in [0.4, 0.5) is 0 Å². The number of rotatable bonds is 0. The summed E-state index contributed by atoms with van der Waals surface area (Å²) in [5.74, 6) is 0. The lowest BCUT2D eigenvalue weighted by atomic mass is 10.2. The summed E-state index contributed by atoms with van der Waals surface area (Å²) >= 11 is 0. The third-order valence-corrected chi connectivity index (χ3v) is 2.13. The van der Waals surface area contributed by atoms with Crippen molar-refractivity contribution in [2.24, 2.45) is 0 Å². The molecular formula is C14H19. The van der Waals surface area contributed by atoms with E-state index >= 15 is 0 Å². The summed E-state index contributed by atoms with van der Waals surface area (Å²) in [4.78, 5) is 0. The molecular weight excluding hydrogens is 168 g/mol. The van der Waals surface area contributed by atoms with Crippen LogP contribution < -0.4 is 0 Å². The van der Waals surface area contributed by atoms with Crippen LogP contribution in [0.3, 0.4) is 0 Å². The summed E-state index contributed by atoms with van der Waals surface area (Å²) in [7, 11) is 0. The lowest BCUT2D eigenvalue weighted by molar-refractivity contribution is 0.983. The molecule has 0 aliphatic heterocycles. The highest BCUT2D eigenvalue weighted by atomic mass is 13.9. The molecule has 14 heavy (non-hydrogen) atoms. The van der Waals surface area contributed by atoms with E-state index in [0.29, 0.717) is 0 Å². The minimum atomic E-state index is 1.03. The van der Waals surface area contributed by atoms with Crippen molar-refractivity contribution in [3.05, 3.63) is 48.6 Å². The van der Waals surface area contributed by atoms with Gasteiger partial charge in [-0.2, -0.15) is 0 Å². The number of hydrogen-bond acceptors (Lipinski definition) is 0. The fourth-order valence-electron chi connectivity index (χ4n) is 1.33.